The van der Waals surface area contributed by atoms with Crippen molar-refractivity contribution in [3.05, 3.63) is 77.0 Å². The largest absolute Gasteiger partial charge is 0.361 e. The van der Waals surface area contributed by atoms with E-state index in [1.54, 1.807) is 36.1 Å². The lowest BCUT2D eigenvalue weighted by atomic mass is 9.98. The van der Waals surface area contributed by atoms with Crippen LogP contribution in [0.2, 0.25) is 5.02 Å². The molecular weight excluding hydrogens is 386 g/mol. The van der Waals surface area contributed by atoms with E-state index in [1.807, 2.05) is 18.3 Å². The smallest absolute Gasteiger partial charge is 0.251 e. The monoisotopic (exact) mass is 407 g/mol. The van der Waals surface area contributed by atoms with E-state index in [-0.39, 0.29) is 11.8 Å². The molecule has 0 spiro atoms. The van der Waals surface area contributed by atoms with E-state index in [0.29, 0.717) is 23.7 Å². The molecule has 0 fully saturated rings. The van der Waals surface area contributed by atoms with Crippen molar-refractivity contribution < 1.29 is 9.59 Å². The maximum Gasteiger partial charge on any atom is 0.251 e. The highest BCUT2D eigenvalue weighted by Crippen LogP contribution is 2.29. The van der Waals surface area contributed by atoms with Crippen molar-refractivity contribution in [3.63, 3.8) is 0 Å². The molecule has 0 radical (unpaired) electrons. The third-order valence-electron chi connectivity index (χ3n) is 5.28. The summed E-state index contributed by atoms with van der Waals surface area (Å²) in [5, 5.41) is 4.54. The van der Waals surface area contributed by atoms with E-state index in [4.69, 9.17) is 11.6 Å². The molecule has 0 saturated carbocycles. The molecule has 2 heterocycles. The minimum Gasteiger partial charge on any atom is -0.361 e. The van der Waals surface area contributed by atoms with Gasteiger partial charge in [-0.3, -0.25) is 9.59 Å². The van der Waals surface area contributed by atoms with Crippen molar-refractivity contribution in [2.45, 2.75) is 19.4 Å². The first-order valence-corrected chi connectivity index (χ1v) is 10.0. The van der Waals surface area contributed by atoms with Crippen LogP contribution in [-0.2, 0) is 4.79 Å². The predicted octanol–water partition coefficient (Wildman–Crippen LogP) is 4.26. The molecule has 1 aliphatic rings. The van der Waals surface area contributed by atoms with Crippen LogP contribution in [0, 0.1) is 0 Å². The predicted molar refractivity (Wildman–Crippen MR) is 116 cm³/mol. The lowest BCUT2D eigenvalue weighted by Crippen LogP contribution is -2.48. The van der Waals surface area contributed by atoms with E-state index in [2.05, 4.69) is 28.5 Å². The molecule has 0 saturated heterocycles. The number of rotatable bonds is 4. The first kappa shape index (κ1) is 19.3. The molecule has 1 aromatic heterocycles. The van der Waals surface area contributed by atoms with Crippen molar-refractivity contribution in [3.8, 4) is 0 Å². The normalized spacial score (nSPS) is 15.1. The van der Waals surface area contributed by atoms with Crippen LogP contribution < -0.4 is 5.32 Å². The maximum atomic E-state index is 12.8. The minimum atomic E-state index is -0.596. The number of carbonyl (C=O) groups is 2. The third-order valence-corrected chi connectivity index (χ3v) is 5.53. The van der Waals surface area contributed by atoms with Crippen molar-refractivity contribution in [2.24, 2.45) is 0 Å². The number of aromatic amines is 1. The van der Waals surface area contributed by atoms with Crippen LogP contribution in [0.1, 0.15) is 29.3 Å². The number of nitrogens with zero attached hydrogens (tertiary/aromatic N) is 1. The molecule has 29 heavy (non-hydrogen) atoms. The van der Waals surface area contributed by atoms with Gasteiger partial charge < -0.3 is 15.2 Å². The number of amides is 2. The van der Waals surface area contributed by atoms with Gasteiger partial charge in [-0.2, -0.15) is 0 Å². The Morgan fingerprint density at radius 3 is 2.62 bits per heavy atom. The van der Waals surface area contributed by atoms with Gasteiger partial charge in [0.2, 0.25) is 5.91 Å². The Bertz CT molecular complexity index is 1080. The van der Waals surface area contributed by atoms with Gasteiger partial charge in [-0.25, -0.2) is 0 Å². The molecule has 0 aliphatic carbocycles. The fourth-order valence-electron chi connectivity index (χ4n) is 3.67. The molecule has 6 heteroatoms. The second kappa shape index (κ2) is 8.13. The van der Waals surface area contributed by atoms with E-state index in [9.17, 15) is 9.59 Å². The Kier molecular flexibility index (Phi) is 5.41. The Morgan fingerprint density at radius 1 is 1.14 bits per heavy atom. The third kappa shape index (κ3) is 4.05. The first-order chi connectivity index (χ1) is 14.0. The van der Waals surface area contributed by atoms with Gasteiger partial charge in [0.05, 0.1) is 0 Å². The van der Waals surface area contributed by atoms with Gasteiger partial charge in [0, 0.05) is 46.3 Å². The highest BCUT2D eigenvalue weighted by Gasteiger charge is 2.24. The second-order valence-corrected chi connectivity index (χ2v) is 7.65. The molecule has 1 atom stereocenters. The summed E-state index contributed by atoms with van der Waals surface area (Å²) in [4.78, 5) is 30.2. The molecule has 5 nitrogen and oxygen atoms in total. The molecular formula is C23H22ClN3O2. The molecule has 1 aliphatic heterocycles. The van der Waals surface area contributed by atoms with E-state index >= 15 is 0 Å². The van der Waals surface area contributed by atoms with Crippen LogP contribution in [0.3, 0.4) is 0 Å². The summed E-state index contributed by atoms with van der Waals surface area (Å²) >= 11 is 5.86. The quantitative estimate of drug-likeness (QED) is 0.678. The standard InChI is InChI=1S/C23H22ClN3O2/c1-15(26-22(28)17-6-8-18(24)9-7-17)23(29)27-12-10-16(11-13-27)20-14-25-21-5-3-2-4-19(20)21/h2-10,14-15,25H,11-13H2,1H3,(H,26,28)/t15-/m0/s1. The van der Waals surface area contributed by atoms with Gasteiger partial charge in [-0.15, -0.1) is 0 Å². The lowest BCUT2D eigenvalue weighted by Gasteiger charge is -2.29. The highest BCUT2D eigenvalue weighted by atomic mass is 35.5. The Hall–Kier alpha value is -3.05. The second-order valence-electron chi connectivity index (χ2n) is 7.21. The van der Waals surface area contributed by atoms with Crippen LogP contribution in [-0.4, -0.2) is 40.8 Å². The molecule has 3 aromatic rings. The van der Waals surface area contributed by atoms with Gasteiger partial charge in [0.25, 0.3) is 5.91 Å². The van der Waals surface area contributed by atoms with Crippen molar-refractivity contribution in [2.75, 3.05) is 13.1 Å². The van der Waals surface area contributed by atoms with Gasteiger partial charge in [0.1, 0.15) is 6.04 Å². The summed E-state index contributed by atoms with van der Waals surface area (Å²) in [5.41, 5.74) is 4.02. The van der Waals surface area contributed by atoms with Crippen LogP contribution in [0.15, 0.2) is 60.8 Å². The van der Waals surface area contributed by atoms with Gasteiger partial charge >= 0.3 is 0 Å². The fraction of sp³-hybridized carbons (Fsp3) is 0.217. The summed E-state index contributed by atoms with van der Waals surface area (Å²) in [5.74, 6) is -0.365. The first-order valence-electron chi connectivity index (χ1n) is 9.63. The van der Waals surface area contributed by atoms with E-state index < -0.39 is 6.04 Å². The highest BCUT2D eigenvalue weighted by molar-refractivity contribution is 6.30. The van der Waals surface area contributed by atoms with Gasteiger partial charge in [0.15, 0.2) is 0 Å². The van der Waals surface area contributed by atoms with Crippen LogP contribution >= 0.6 is 11.6 Å². The zero-order chi connectivity index (χ0) is 20.4. The van der Waals surface area contributed by atoms with Crippen molar-refractivity contribution >= 4 is 39.9 Å². The van der Waals surface area contributed by atoms with Crippen LogP contribution in [0.25, 0.3) is 16.5 Å². The summed E-state index contributed by atoms with van der Waals surface area (Å²) in [6, 6.07) is 14.2. The minimum absolute atomic E-state index is 0.0819. The number of carbonyl (C=O) groups excluding carboxylic acids is 2. The number of halogens is 1. The number of H-pyrrole nitrogens is 1. The Balaban J connectivity index is 1.40. The zero-order valence-corrected chi connectivity index (χ0v) is 16.9. The molecule has 2 aromatic carbocycles. The SMILES string of the molecule is C[C@H](NC(=O)c1ccc(Cl)cc1)C(=O)N1CC=C(c2c[nH]c3ccccc23)CC1. The number of fused-ring (bicyclic) bond motifs is 1. The number of benzene rings is 2. The van der Waals surface area contributed by atoms with Crippen molar-refractivity contribution in [1.82, 2.24) is 15.2 Å². The molecule has 2 amide bonds. The average Bonchev–Trinajstić information content (AvgIpc) is 3.18. The number of aromatic nitrogens is 1. The molecule has 0 bridgehead atoms. The molecule has 148 valence electrons. The zero-order valence-electron chi connectivity index (χ0n) is 16.1. The number of para-hydroxylation sites is 1. The Labute approximate surface area is 174 Å². The average molecular weight is 408 g/mol. The topological polar surface area (TPSA) is 65.2 Å². The van der Waals surface area contributed by atoms with Gasteiger partial charge in [-0.1, -0.05) is 35.9 Å². The van der Waals surface area contributed by atoms with E-state index in [0.717, 1.165) is 11.9 Å². The molecule has 2 N–H and O–H groups in total. The van der Waals surface area contributed by atoms with E-state index in [1.165, 1.54) is 16.5 Å². The lowest BCUT2D eigenvalue weighted by molar-refractivity contribution is -0.132. The summed E-state index contributed by atoms with van der Waals surface area (Å²) in [6.07, 6.45) is 4.92. The maximum absolute atomic E-state index is 12.8. The van der Waals surface area contributed by atoms with Crippen molar-refractivity contribution in [1.29, 1.82) is 0 Å². The molecule has 4 rings (SSSR count). The molecule has 0 unspecified atom stereocenters. The Morgan fingerprint density at radius 2 is 1.90 bits per heavy atom. The number of hydrogen-bond donors (Lipinski definition) is 2. The van der Waals surface area contributed by atoms with Crippen LogP contribution in [0.4, 0.5) is 0 Å². The summed E-state index contributed by atoms with van der Waals surface area (Å²) in [6.45, 7) is 2.88. The summed E-state index contributed by atoms with van der Waals surface area (Å²) < 4.78 is 0. The number of nitrogens with one attached hydrogen (secondary N) is 2. The number of hydrogen-bond acceptors (Lipinski definition) is 2. The fourth-order valence-corrected chi connectivity index (χ4v) is 3.79. The van der Waals surface area contributed by atoms with Gasteiger partial charge in [-0.05, 0) is 49.2 Å². The van der Waals surface area contributed by atoms with Crippen LogP contribution in [0.5, 0.6) is 0 Å². The summed E-state index contributed by atoms with van der Waals surface area (Å²) in [7, 11) is 0.